The van der Waals surface area contributed by atoms with Crippen LogP contribution in [0.2, 0.25) is 0 Å². The summed E-state index contributed by atoms with van der Waals surface area (Å²) in [5.74, 6) is -0.944. The maximum Gasteiger partial charge on any atom is 0.338 e. The van der Waals surface area contributed by atoms with Gasteiger partial charge in [-0.3, -0.25) is 9.59 Å². The molecule has 6 rings (SSSR count). The van der Waals surface area contributed by atoms with Crippen molar-refractivity contribution in [2.24, 2.45) is 0 Å². The molecule has 1 heterocycles. The summed E-state index contributed by atoms with van der Waals surface area (Å²) in [5, 5.41) is 10.3. The van der Waals surface area contributed by atoms with E-state index in [0.29, 0.717) is 11.1 Å². The Bertz CT molecular complexity index is 1930. The second kappa shape index (κ2) is 21.0. The van der Waals surface area contributed by atoms with Crippen LogP contribution in [-0.4, -0.2) is 59.6 Å². The first-order chi connectivity index (χ1) is 23.6. The molecule has 1 atom stereocenters. The highest BCUT2D eigenvalue weighted by Crippen LogP contribution is 2.37. The number of ether oxygens (including phenoxy) is 4. The van der Waals surface area contributed by atoms with Gasteiger partial charge in [0.25, 0.3) is 5.56 Å². The summed E-state index contributed by atoms with van der Waals surface area (Å²) in [4.78, 5) is 37.3. The number of nitrogens with one attached hydrogen (secondary N) is 1. The molecule has 0 fully saturated rings. The van der Waals surface area contributed by atoms with Crippen molar-refractivity contribution in [3.05, 3.63) is 141 Å². The number of benzene rings is 4. The van der Waals surface area contributed by atoms with Crippen molar-refractivity contribution in [3.63, 3.8) is 0 Å². The van der Waals surface area contributed by atoms with E-state index in [2.05, 4.69) is 58.1 Å². The zero-order valence-electron chi connectivity index (χ0n) is 28.7. The third-order valence-corrected chi connectivity index (χ3v) is 7.87. The summed E-state index contributed by atoms with van der Waals surface area (Å²) in [7, 11) is 9.08. The Balaban J connectivity index is 0.000000246. The number of fused-ring (bicyclic) bond motifs is 5. The molecule has 1 aliphatic carbocycles. The first-order valence-corrected chi connectivity index (χ1v) is 15.9. The van der Waals surface area contributed by atoms with Crippen molar-refractivity contribution in [1.29, 1.82) is 5.26 Å². The standard InChI is InChI=1S/C16H11NO.C11H11BrO4.C8H7N.2C2H6O/c18-16-13-8-4-3-7-12(13)14-9-10-5-1-2-6-11(10)15(14)17-16;1-15-10(13)8-6-4-3-5-7(8)9(12)11(14)16-2;1-7-4-2-3-5-8(7)6-9;2*1-3-2/h1-8H,9H2,(H,17,18);3-6,9H,1-2H3;2-5H,1H3;2*1-2H3. The van der Waals surface area contributed by atoms with Gasteiger partial charge in [-0.15, -0.1) is 0 Å². The topological polar surface area (TPSA) is 128 Å². The summed E-state index contributed by atoms with van der Waals surface area (Å²) in [6, 6.07) is 32.4. The SMILES string of the molecule is COC.COC.COC(=O)c1ccccc1C(Br)C(=O)OC.Cc1ccccc1C#N.O=c1[nH]c2c(c3ccccc13)Cc1ccccc1-2. The van der Waals surface area contributed by atoms with Crippen LogP contribution in [0, 0.1) is 18.3 Å². The lowest BCUT2D eigenvalue weighted by Gasteiger charge is -2.11. The molecular weight excluding hydrogens is 688 g/mol. The van der Waals surface area contributed by atoms with Crippen molar-refractivity contribution in [2.75, 3.05) is 42.7 Å². The van der Waals surface area contributed by atoms with Gasteiger partial charge in [-0.2, -0.15) is 5.26 Å². The summed E-state index contributed by atoms with van der Waals surface area (Å²) in [5.41, 5.74) is 7.37. The number of methoxy groups -OCH3 is 4. The Morgan fingerprint density at radius 2 is 1.33 bits per heavy atom. The van der Waals surface area contributed by atoms with E-state index in [0.717, 1.165) is 39.6 Å². The maximum absolute atomic E-state index is 12.1. The highest BCUT2D eigenvalue weighted by Gasteiger charge is 2.24. The van der Waals surface area contributed by atoms with Gasteiger partial charge in [0, 0.05) is 45.8 Å². The molecule has 0 bridgehead atoms. The molecule has 0 saturated carbocycles. The van der Waals surface area contributed by atoms with Crippen LogP contribution in [-0.2, 0) is 30.2 Å². The summed E-state index contributed by atoms with van der Waals surface area (Å²) in [6.07, 6.45) is 0.906. The lowest BCUT2D eigenvalue weighted by atomic mass is 10.0. The van der Waals surface area contributed by atoms with E-state index in [4.69, 9.17) is 5.26 Å². The summed E-state index contributed by atoms with van der Waals surface area (Å²) in [6.45, 7) is 1.93. The fourth-order valence-electron chi connectivity index (χ4n) is 4.80. The second-order valence-corrected chi connectivity index (χ2v) is 11.3. The van der Waals surface area contributed by atoms with Crippen LogP contribution in [0.1, 0.15) is 43.0 Å². The lowest BCUT2D eigenvalue weighted by Crippen LogP contribution is -2.13. The minimum atomic E-state index is -0.673. The number of carbonyl (C=O) groups excluding carboxylic acids is 2. The first-order valence-electron chi connectivity index (χ1n) is 15.0. The van der Waals surface area contributed by atoms with Crippen LogP contribution in [0.3, 0.4) is 0 Å². The minimum absolute atomic E-state index is 0.000975. The zero-order chi connectivity index (χ0) is 36.3. The van der Waals surface area contributed by atoms with Crippen molar-refractivity contribution in [1.82, 2.24) is 4.98 Å². The highest BCUT2D eigenvalue weighted by molar-refractivity contribution is 9.09. The van der Waals surface area contributed by atoms with Gasteiger partial charge in [-0.25, -0.2) is 4.79 Å². The number of aromatic amines is 1. The molecule has 1 N–H and O–H groups in total. The summed E-state index contributed by atoms with van der Waals surface area (Å²) < 4.78 is 17.7. The fourth-order valence-corrected chi connectivity index (χ4v) is 5.39. The molecule has 0 amide bonds. The number of carbonyl (C=O) groups is 2. The zero-order valence-corrected chi connectivity index (χ0v) is 30.3. The number of aryl methyl sites for hydroxylation is 1. The number of H-pyrrole nitrogens is 1. The first kappa shape index (κ1) is 40.1. The molecule has 1 unspecified atom stereocenters. The molecule has 256 valence electrons. The average molecular weight is 730 g/mol. The molecular formula is C39H41BrN2O7. The predicted octanol–water partition coefficient (Wildman–Crippen LogP) is 7.57. The molecule has 0 saturated heterocycles. The van der Waals surface area contributed by atoms with Crippen LogP contribution in [0.4, 0.5) is 0 Å². The van der Waals surface area contributed by atoms with E-state index in [-0.39, 0.29) is 5.56 Å². The number of esters is 2. The Morgan fingerprint density at radius 3 is 1.92 bits per heavy atom. The Labute approximate surface area is 295 Å². The van der Waals surface area contributed by atoms with Gasteiger partial charge in [-0.1, -0.05) is 94.8 Å². The third-order valence-electron chi connectivity index (χ3n) is 7.00. The van der Waals surface area contributed by atoms with Crippen LogP contribution in [0.15, 0.2) is 102 Å². The number of nitriles is 1. The van der Waals surface area contributed by atoms with E-state index >= 15 is 0 Å². The van der Waals surface area contributed by atoms with E-state index in [1.54, 1.807) is 52.7 Å². The number of pyridine rings is 1. The van der Waals surface area contributed by atoms with Crippen LogP contribution >= 0.6 is 15.9 Å². The third kappa shape index (κ3) is 11.0. The normalized spacial score (nSPS) is 10.7. The molecule has 0 radical (unpaired) electrons. The van der Waals surface area contributed by atoms with Gasteiger partial charge in [0.15, 0.2) is 0 Å². The second-order valence-electron chi connectivity index (χ2n) is 10.4. The van der Waals surface area contributed by atoms with Crippen molar-refractivity contribution in [2.45, 2.75) is 18.2 Å². The maximum atomic E-state index is 12.1. The van der Waals surface area contributed by atoms with Gasteiger partial charge < -0.3 is 23.9 Å². The number of hydrogen-bond acceptors (Lipinski definition) is 8. The Kier molecular flexibility index (Phi) is 17.2. The summed E-state index contributed by atoms with van der Waals surface area (Å²) >= 11 is 3.18. The Morgan fingerprint density at radius 1 is 0.776 bits per heavy atom. The molecule has 5 aromatic rings. The number of aromatic nitrogens is 1. The van der Waals surface area contributed by atoms with E-state index < -0.39 is 16.8 Å². The van der Waals surface area contributed by atoms with Gasteiger partial charge in [0.05, 0.1) is 37.1 Å². The minimum Gasteiger partial charge on any atom is -0.468 e. The number of hydrogen-bond donors (Lipinski definition) is 1. The number of alkyl halides is 1. The van der Waals surface area contributed by atoms with Gasteiger partial charge in [0.2, 0.25) is 0 Å². The highest BCUT2D eigenvalue weighted by atomic mass is 79.9. The van der Waals surface area contributed by atoms with Crippen molar-refractivity contribution in [3.8, 4) is 17.3 Å². The molecule has 0 aliphatic heterocycles. The smallest absolute Gasteiger partial charge is 0.338 e. The molecule has 1 aliphatic rings. The van der Waals surface area contributed by atoms with E-state index in [9.17, 15) is 14.4 Å². The van der Waals surface area contributed by atoms with Crippen LogP contribution < -0.4 is 5.56 Å². The number of rotatable bonds is 3. The van der Waals surface area contributed by atoms with Gasteiger partial charge in [-0.05, 0) is 52.8 Å². The molecule has 1 aromatic heterocycles. The quantitative estimate of drug-likeness (QED) is 0.146. The molecule has 0 spiro atoms. The molecule has 4 aromatic carbocycles. The van der Waals surface area contributed by atoms with Gasteiger partial charge in [0.1, 0.15) is 4.83 Å². The number of nitrogens with zero attached hydrogens (tertiary/aromatic N) is 1. The Hall–Kier alpha value is -5.08. The van der Waals surface area contributed by atoms with Crippen LogP contribution in [0.25, 0.3) is 22.0 Å². The predicted molar refractivity (Wildman–Crippen MR) is 196 cm³/mol. The monoisotopic (exact) mass is 728 g/mol. The fraction of sp³-hybridized carbons (Fsp3) is 0.231. The molecule has 10 heteroatoms. The lowest BCUT2D eigenvalue weighted by molar-refractivity contribution is -0.139. The van der Waals surface area contributed by atoms with E-state index in [1.165, 1.54) is 25.3 Å². The molecule has 9 nitrogen and oxygen atoms in total. The van der Waals surface area contributed by atoms with Gasteiger partial charge >= 0.3 is 11.9 Å². The molecule has 49 heavy (non-hydrogen) atoms. The largest absolute Gasteiger partial charge is 0.468 e. The van der Waals surface area contributed by atoms with Crippen molar-refractivity contribution < 1.29 is 28.5 Å². The number of halogens is 1. The average Bonchev–Trinajstić information content (AvgIpc) is 3.51. The van der Waals surface area contributed by atoms with E-state index in [1.807, 2.05) is 67.6 Å². The van der Waals surface area contributed by atoms with Crippen molar-refractivity contribution >= 4 is 38.6 Å². The van der Waals surface area contributed by atoms with Crippen LogP contribution in [0.5, 0.6) is 0 Å².